The van der Waals surface area contributed by atoms with Gasteiger partial charge in [-0.2, -0.15) is 0 Å². The Hall–Kier alpha value is -0.700. The Bertz CT molecular complexity index is 238. The molecule has 1 saturated carbocycles. The number of hydrogen-bond donors (Lipinski definition) is 1. The highest BCUT2D eigenvalue weighted by molar-refractivity contribution is 6.03. The van der Waals surface area contributed by atoms with Crippen LogP contribution >= 0.6 is 0 Å². The van der Waals surface area contributed by atoms with Crippen LogP contribution in [-0.4, -0.2) is 24.2 Å². The van der Waals surface area contributed by atoms with Gasteiger partial charge >= 0.3 is 0 Å². The van der Waals surface area contributed by atoms with Crippen molar-refractivity contribution in [1.82, 2.24) is 5.32 Å². The molecule has 0 spiro atoms. The summed E-state index contributed by atoms with van der Waals surface area (Å²) >= 11 is 0. The van der Waals surface area contributed by atoms with E-state index >= 15 is 0 Å². The molecule has 1 aliphatic heterocycles. The van der Waals surface area contributed by atoms with Crippen molar-refractivity contribution in [2.75, 3.05) is 6.54 Å². The standard InChI is InChI=1S/C12H19NO2/c14-10-6-1-2-7-11(15)12(10)9-5-3-4-8-13-9/h9,12-13H,1-8H2. The molecule has 15 heavy (non-hydrogen) atoms. The molecule has 0 bridgehead atoms. The molecule has 0 aromatic rings. The van der Waals surface area contributed by atoms with E-state index in [4.69, 9.17) is 0 Å². The van der Waals surface area contributed by atoms with Crippen LogP contribution < -0.4 is 5.32 Å². The SMILES string of the molecule is O=C1CCCCC(=O)C1C1CCCCN1. The zero-order valence-corrected chi connectivity index (χ0v) is 9.13. The van der Waals surface area contributed by atoms with Crippen LogP contribution in [0.3, 0.4) is 0 Å². The Balaban J connectivity index is 2.07. The van der Waals surface area contributed by atoms with Crippen molar-refractivity contribution < 1.29 is 9.59 Å². The average molecular weight is 209 g/mol. The van der Waals surface area contributed by atoms with E-state index < -0.39 is 0 Å². The van der Waals surface area contributed by atoms with E-state index in [0.29, 0.717) is 12.8 Å². The van der Waals surface area contributed by atoms with Gasteiger partial charge in [-0.1, -0.05) is 6.42 Å². The highest BCUT2D eigenvalue weighted by Gasteiger charge is 2.35. The number of Topliss-reactive ketones (excluding diaryl/α,β-unsaturated/α-hetero) is 2. The molecule has 1 aliphatic carbocycles. The first kappa shape index (κ1) is 10.8. The van der Waals surface area contributed by atoms with Crippen molar-refractivity contribution in [2.24, 2.45) is 5.92 Å². The minimum absolute atomic E-state index is 0.136. The van der Waals surface area contributed by atoms with Crippen LogP contribution in [-0.2, 0) is 9.59 Å². The first-order valence-electron chi connectivity index (χ1n) is 6.08. The lowest BCUT2D eigenvalue weighted by Crippen LogP contribution is -2.46. The van der Waals surface area contributed by atoms with Crippen LogP contribution in [0.2, 0.25) is 0 Å². The number of rotatable bonds is 1. The zero-order valence-electron chi connectivity index (χ0n) is 9.13. The minimum atomic E-state index is -0.326. The molecule has 1 unspecified atom stereocenters. The van der Waals surface area contributed by atoms with Crippen LogP contribution in [0, 0.1) is 5.92 Å². The summed E-state index contributed by atoms with van der Waals surface area (Å²) in [6.45, 7) is 0.960. The van der Waals surface area contributed by atoms with Gasteiger partial charge in [-0.15, -0.1) is 0 Å². The van der Waals surface area contributed by atoms with E-state index in [1.807, 2.05) is 0 Å². The summed E-state index contributed by atoms with van der Waals surface area (Å²) in [5, 5.41) is 3.34. The molecule has 1 saturated heterocycles. The van der Waals surface area contributed by atoms with Gasteiger partial charge < -0.3 is 5.32 Å². The van der Waals surface area contributed by atoms with Gasteiger partial charge in [0.1, 0.15) is 11.6 Å². The number of ketones is 2. The Kier molecular flexibility index (Phi) is 3.52. The molecular weight excluding hydrogens is 190 g/mol. The fourth-order valence-electron chi connectivity index (χ4n) is 2.70. The Morgan fingerprint density at radius 2 is 1.60 bits per heavy atom. The third kappa shape index (κ3) is 2.46. The molecule has 0 aromatic heterocycles. The summed E-state index contributed by atoms with van der Waals surface area (Å²) in [6, 6.07) is 0.136. The molecule has 3 heteroatoms. The second kappa shape index (κ2) is 4.88. The molecule has 2 fully saturated rings. The maximum atomic E-state index is 11.9. The van der Waals surface area contributed by atoms with Gasteiger partial charge in [0.05, 0.1) is 5.92 Å². The Morgan fingerprint density at radius 3 is 2.13 bits per heavy atom. The molecule has 0 aromatic carbocycles. The number of carbonyl (C=O) groups excluding carboxylic acids is 2. The van der Waals surface area contributed by atoms with Crippen molar-refractivity contribution in [2.45, 2.75) is 51.0 Å². The third-order valence-electron chi connectivity index (χ3n) is 3.54. The van der Waals surface area contributed by atoms with Gasteiger partial charge in [-0.25, -0.2) is 0 Å². The maximum Gasteiger partial charge on any atom is 0.144 e. The highest BCUT2D eigenvalue weighted by atomic mass is 16.2. The lowest BCUT2D eigenvalue weighted by atomic mass is 9.85. The van der Waals surface area contributed by atoms with Gasteiger partial charge in [0, 0.05) is 18.9 Å². The van der Waals surface area contributed by atoms with E-state index in [0.717, 1.165) is 32.2 Å². The molecule has 1 atom stereocenters. The summed E-state index contributed by atoms with van der Waals surface area (Å²) in [4.78, 5) is 23.7. The largest absolute Gasteiger partial charge is 0.313 e. The summed E-state index contributed by atoms with van der Waals surface area (Å²) in [7, 11) is 0. The molecule has 1 N–H and O–H groups in total. The summed E-state index contributed by atoms with van der Waals surface area (Å²) < 4.78 is 0. The van der Waals surface area contributed by atoms with Crippen LogP contribution in [0.4, 0.5) is 0 Å². The molecule has 0 radical (unpaired) electrons. The van der Waals surface area contributed by atoms with Crippen molar-refractivity contribution >= 4 is 11.6 Å². The normalized spacial score (nSPS) is 30.3. The van der Waals surface area contributed by atoms with Gasteiger partial charge in [0.25, 0.3) is 0 Å². The Labute approximate surface area is 90.6 Å². The lowest BCUT2D eigenvalue weighted by Gasteiger charge is -2.28. The van der Waals surface area contributed by atoms with E-state index in [1.165, 1.54) is 6.42 Å². The van der Waals surface area contributed by atoms with Crippen molar-refractivity contribution in [3.63, 3.8) is 0 Å². The predicted octanol–water partition coefficient (Wildman–Crippen LogP) is 1.46. The Morgan fingerprint density at radius 1 is 0.933 bits per heavy atom. The predicted molar refractivity (Wildman–Crippen MR) is 57.6 cm³/mol. The van der Waals surface area contributed by atoms with Gasteiger partial charge in [0.2, 0.25) is 0 Å². The van der Waals surface area contributed by atoms with Crippen molar-refractivity contribution in [3.8, 4) is 0 Å². The van der Waals surface area contributed by atoms with E-state index in [9.17, 15) is 9.59 Å². The molecule has 0 amide bonds. The van der Waals surface area contributed by atoms with Gasteiger partial charge in [0.15, 0.2) is 0 Å². The molecule has 2 rings (SSSR count). The summed E-state index contributed by atoms with van der Waals surface area (Å²) in [5.41, 5.74) is 0. The fourth-order valence-corrected chi connectivity index (χ4v) is 2.70. The topological polar surface area (TPSA) is 46.2 Å². The first-order valence-corrected chi connectivity index (χ1v) is 6.08. The third-order valence-corrected chi connectivity index (χ3v) is 3.54. The fraction of sp³-hybridized carbons (Fsp3) is 0.833. The van der Waals surface area contributed by atoms with Crippen molar-refractivity contribution in [3.05, 3.63) is 0 Å². The molecular formula is C12H19NO2. The van der Waals surface area contributed by atoms with E-state index in [2.05, 4.69) is 5.32 Å². The van der Waals surface area contributed by atoms with Crippen LogP contribution in [0.25, 0.3) is 0 Å². The van der Waals surface area contributed by atoms with Crippen LogP contribution in [0.15, 0.2) is 0 Å². The van der Waals surface area contributed by atoms with E-state index in [1.54, 1.807) is 0 Å². The number of piperidine rings is 1. The maximum absolute atomic E-state index is 11.9. The second-order valence-corrected chi connectivity index (χ2v) is 4.67. The average Bonchev–Trinajstić information content (AvgIpc) is 2.41. The van der Waals surface area contributed by atoms with Gasteiger partial charge in [-0.05, 0) is 32.2 Å². The second-order valence-electron chi connectivity index (χ2n) is 4.67. The molecule has 3 nitrogen and oxygen atoms in total. The zero-order chi connectivity index (χ0) is 10.7. The van der Waals surface area contributed by atoms with Crippen LogP contribution in [0.5, 0.6) is 0 Å². The molecule has 1 heterocycles. The van der Waals surface area contributed by atoms with Gasteiger partial charge in [-0.3, -0.25) is 9.59 Å². The lowest BCUT2D eigenvalue weighted by molar-refractivity contribution is -0.133. The monoisotopic (exact) mass is 209 g/mol. The molecule has 2 aliphatic rings. The summed E-state index contributed by atoms with van der Waals surface area (Å²) in [6.07, 6.45) is 6.31. The first-order chi connectivity index (χ1) is 7.29. The number of carbonyl (C=O) groups is 2. The smallest absolute Gasteiger partial charge is 0.144 e. The summed E-state index contributed by atoms with van der Waals surface area (Å²) in [5.74, 6) is 0.0293. The van der Waals surface area contributed by atoms with Crippen LogP contribution in [0.1, 0.15) is 44.9 Å². The quantitative estimate of drug-likeness (QED) is 0.525. The van der Waals surface area contributed by atoms with Crippen molar-refractivity contribution in [1.29, 1.82) is 0 Å². The van der Waals surface area contributed by atoms with E-state index in [-0.39, 0.29) is 23.5 Å². The number of nitrogens with one attached hydrogen (secondary N) is 1. The highest BCUT2D eigenvalue weighted by Crippen LogP contribution is 2.24. The minimum Gasteiger partial charge on any atom is -0.313 e. The molecule has 84 valence electrons. The number of hydrogen-bond acceptors (Lipinski definition) is 3.